The van der Waals surface area contributed by atoms with Crippen molar-refractivity contribution in [3.05, 3.63) is 28.2 Å². The number of piperidine rings is 2. The maximum atomic E-state index is 11.2. The van der Waals surface area contributed by atoms with E-state index in [0.717, 1.165) is 57.6 Å². The van der Waals surface area contributed by atoms with Crippen LogP contribution in [0.15, 0.2) is 18.2 Å². The largest absolute Gasteiger partial charge is 0.490 e. The van der Waals surface area contributed by atoms with E-state index in [2.05, 4.69) is 4.90 Å². The Labute approximate surface area is 152 Å². The zero-order valence-electron chi connectivity index (χ0n) is 13.6. The maximum Gasteiger partial charge on any atom is 0.314 e. The zero-order valence-corrected chi connectivity index (χ0v) is 15.1. The summed E-state index contributed by atoms with van der Waals surface area (Å²) in [5, 5.41) is 1.06. The first-order valence-corrected chi connectivity index (χ1v) is 9.18. The molecule has 0 aliphatic carbocycles. The van der Waals surface area contributed by atoms with Crippen molar-refractivity contribution in [1.82, 2.24) is 9.80 Å². The van der Waals surface area contributed by atoms with Crippen LogP contribution in [0, 0.1) is 0 Å². The van der Waals surface area contributed by atoms with E-state index >= 15 is 0 Å². The highest BCUT2D eigenvalue weighted by Crippen LogP contribution is 2.29. The van der Waals surface area contributed by atoms with Crippen LogP contribution < -0.4 is 10.5 Å². The standard InChI is InChI=1S/C17H23Cl2N3O2/c18-15-2-1-14(11-16(15)19)24-13-5-9-21(10-6-13)12-3-7-22(8-4-12)17(20)23/h1-2,11-13H,3-10H2,(H2,20,23). The lowest BCUT2D eigenvalue weighted by atomic mass is 9.99. The SMILES string of the molecule is NC(=O)N1CCC(N2CCC(Oc3ccc(Cl)c(Cl)c3)CC2)CC1. The van der Waals surface area contributed by atoms with E-state index in [9.17, 15) is 4.79 Å². The third-order valence-corrected chi connectivity index (χ3v) is 5.70. The molecule has 2 N–H and O–H groups in total. The highest BCUT2D eigenvalue weighted by molar-refractivity contribution is 6.42. The molecule has 2 amide bonds. The molecule has 2 saturated heterocycles. The second-order valence-corrected chi connectivity index (χ2v) is 7.30. The molecule has 0 spiro atoms. The zero-order chi connectivity index (χ0) is 17.1. The van der Waals surface area contributed by atoms with Crippen molar-refractivity contribution in [2.75, 3.05) is 26.2 Å². The van der Waals surface area contributed by atoms with E-state index in [4.69, 9.17) is 33.7 Å². The van der Waals surface area contributed by atoms with Gasteiger partial charge in [0.1, 0.15) is 11.9 Å². The molecular weight excluding hydrogens is 349 g/mol. The predicted octanol–water partition coefficient (Wildman–Crippen LogP) is 3.38. The number of urea groups is 1. The Morgan fingerprint density at radius 3 is 2.29 bits per heavy atom. The van der Waals surface area contributed by atoms with Crippen LogP contribution in [-0.4, -0.2) is 54.2 Å². The number of nitrogens with zero attached hydrogens (tertiary/aromatic N) is 2. The number of rotatable bonds is 3. The average molecular weight is 372 g/mol. The number of halogens is 2. The third-order valence-electron chi connectivity index (χ3n) is 4.96. The highest BCUT2D eigenvalue weighted by atomic mass is 35.5. The second-order valence-electron chi connectivity index (χ2n) is 6.49. The molecule has 0 atom stereocenters. The summed E-state index contributed by atoms with van der Waals surface area (Å²) in [6, 6.07) is 5.64. The summed E-state index contributed by atoms with van der Waals surface area (Å²) in [5.74, 6) is 0.776. The number of hydrogen-bond donors (Lipinski definition) is 1. The quantitative estimate of drug-likeness (QED) is 0.885. The highest BCUT2D eigenvalue weighted by Gasteiger charge is 2.29. The number of carbonyl (C=O) groups excluding carboxylic acids is 1. The lowest BCUT2D eigenvalue weighted by Gasteiger charge is -2.41. The lowest BCUT2D eigenvalue weighted by molar-refractivity contribution is 0.0542. The van der Waals surface area contributed by atoms with Crippen LogP contribution in [0.1, 0.15) is 25.7 Å². The van der Waals surface area contributed by atoms with Crippen LogP contribution in [0.4, 0.5) is 4.79 Å². The lowest BCUT2D eigenvalue weighted by Crippen LogP contribution is -2.51. The van der Waals surface area contributed by atoms with Gasteiger partial charge in [-0.25, -0.2) is 4.79 Å². The second kappa shape index (κ2) is 7.81. The Balaban J connectivity index is 1.46. The molecule has 0 radical (unpaired) electrons. The average Bonchev–Trinajstić information content (AvgIpc) is 2.59. The summed E-state index contributed by atoms with van der Waals surface area (Å²) in [7, 11) is 0. The minimum absolute atomic E-state index is 0.212. The topological polar surface area (TPSA) is 58.8 Å². The van der Waals surface area contributed by atoms with Gasteiger partial charge in [-0.15, -0.1) is 0 Å². The summed E-state index contributed by atoms with van der Waals surface area (Å²) in [4.78, 5) is 15.5. The van der Waals surface area contributed by atoms with E-state index in [1.54, 1.807) is 17.0 Å². The molecule has 0 aromatic heterocycles. The smallest absolute Gasteiger partial charge is 0.314 e. The van der Waals surface area contributed by atoms with Crippen LogP contribution in [0.25, 0.3) is 0 Å². The number of benzene rings is 1. The first-order chi connectivity index (χ1) is 11.5. The van der Waals surface area contributed by atoms with Crippen LogP contribution in [-0.2, 0) is 0 Å². The Morgan fingerprint density at radius 1 is 1.04 bits per heavy atom. The van der Waals surface area contributed by atoms with Crippen molar-refractivity contribution in [3.8, 4) is 5.75 Å². The predicted molar refractivity (Wildman–Crippen MR) is 95.9 cm³/mol. The number of ether oxygens (including phenoxy) is 1. The van der Waals surface area contributed by atoms with Gasteiger partial charge < -0.3 is 15.4 Å². The molecule has 3 rings (SSSR count). The fourth-order valence-electron chi connectivity index (χ4n) is 3.55. The number of primary amides is 1. The molecule has 1 aromatic carbocycles. The van der Waals surface area contributed by atoms with E-state index < -0.39 is 0 Å². The number of amides is 2. The van der Waals surface area contributed by atoms with Crippen LogP contribution in [0.3, 0.4) is 0 Å². The van der Waals surface area contributed by atoms with Gasteiger partial charge in [0, 0.05) is 38.3 Å². The van der Waals surface area contributed by atoms with Crippen molar-refractivity contribution < 1.29 is 9.53 Å². The van der Waals surface area contributed by atoms with Gasteiger partial charge in [0.05, 0.1) is 10.0 Å². The monoisotopic (exact) mass is 371 g/mol. The van der Waals surface area contributed by atoms with Gasteiger partial charge in [-0.1, -0.05) is 23.2 Å². The Hall–Kier alpha value is -1.17. The number of likely N-dealkylation sites (tertiary alicyclic amines) is 2. The Morgan fingerprint density at radius 2 is 1.71 bits per heavy atom. The van der Waals surface area contributed by atoms with Gasteiger partial charge >= 0.3 is 6.03 Å². The molecule has 0 bridgehead atoms. The number of carbonyl (C=O) groups is 1. The van der Waals surface area contributed by atoms with Gasteiger partial charge in [-0.2, -0.15) is 0 Å². The summed E-state index contributed by atoms with van der Waals surface area (Å²) in [5.41, 5.74) is 5.34. The molecule has 2 fully saturated rings. The molecule has 5 nitrogen and oxygen atoms in total. The fraction of sp³-hybridized carbons (Fsp3) is 0.588. The first-order valence-electron chi connectivity index (χ1n) is 8.43. The fourth-order valence-corrected chi connectivity index (χ4v) is 3.84. The molecule has 2 heterocycles. The Kier molecular flexibility index (Phi) is 5.74. The van der Waals surface area contributed by atoms with Gasteiger partial charge in [-0.3, -0.25) is 4.90 Å². The first kappa shape index (κ1) is 17.6. The summed E-state index contributed by atoms with van der Waals surface area (Å²) in [6.07, 6.45) is 4.21. The normalized spacial score (nSPS) is 21.0. The molecule has 0 unspecified atom stereocenters. The molecule has 1 aromatic rings. The minimum Gasteiger partial charge on any atom is -0.490 e. The van der Waals surface area contributed by atoms with E-state index in [1.807, 2.05) is 6.07 Å². The number of hydrogen-bond acceptors (Lipinski definition) is 3. The molecule has 24 heavy (non-hydrogen) atoms. The van der Waals surface area contributed by atoms with E-state index in [0.29, 0.717) is 16.1 Å². The minimum atomic E-state index is -0.304. The van der Waals surface area contributed by atoms with Crippen LogP contribution in [0.2, 0.25) is 10.0 Å². The van der Waals surface area contributed by atoms with Crippen molar-refractivity contribution >= 4 is 29.2 Å². The van der Waals surface area contributed by atoms with Gasteiger partial charge in [-0.05, 0) is 37.8 Å². The Bertz CT molecular complexity index is 583. The summed E-state index contributed by atoms with van der Waals surface area (Å²) < 4.78 is 6.04. The summed E-state index contributed by atoms with van der Waals surface area (Å²) >= 11 is 12.0. The van der Waals surface area contributed by atoms with E-state index in [-0.39, 0.29) is 12.1 Å². The number of nitrogens with two attached hydrogens (primary N) is 1. The molecule has 0 saturated carbocycles. The van der Waals surface area contributed by atoms with Gasteiger partial charge in [0.25, 0.3) is 0 Å². The van der Waals surface area contributed by atoms with Crippen LogP contribution in [0.5, 0.6) is 5.75 Å². The van der Waals surface area contributed by atoms with Crippen molar-refractivity contribution in [3.63, 3.8) is 0 Å². The van der Waals surface area contributed by atoms with Crippen molar-refractivity contribution in [2.45, 2.75) is 37.8 Å². The molecular formula is C17H23Cl2N3O2. The molecule has 2 aliphatic rings. The van der Waals surface area contributed by atoms with Crippen LogP contribution >= 0.6 is 23.2 Å². The van der Waals surface area contributed by atoms with Crippen molar-refractivity contribution in [2.24, 2.45) is 5.73 Å². The molecule has 2 aliphatic heterocycles. The maximum absolute atomic E-state index is 11.2. The molecule has 7 heteroatoms. The van der Waals surface area contributed by atoms with Gasteiger partial charge in [0.2, 0.25) is 0 Å². The van der Waals surface area contributed by atoms with E-state index in [1.165, 1.54) is 0 Å². The van der Waals surface area contributed by atoms with Gasteiger partial charge in [0.15, 0.2) is 0 Å². The van der Waals surface area contributed by atoms with Crippen molar-refractivity contribution in [1.29, 1.82) is 0 Å². The molecule has 132 valence electrons. The third kappa shape index (κ3) is 4.26. The summed E-state index contributed by atoms with van der Waals surface area (Å²) in [6.45, 7) is 3.57.